The Kier molecular flexibility index (Phi) is 5.42. The second-order valence-corrected chi connectivity index (χ2v) is 8.50. The lowest BCUT2D eigenvalue weighted by atomic mass is 9.73. The van der Waals surface area contributed by atoms with Crippen LogP contribution in [0.3, 0.4) is 0 Å². The number of imide groups is 1. The Morgan fingerprint density at radius 1 is 1.14 bits per heavy atom. The van der Waals surface area contributed by atoms with Gasteiger partial charge in [0.2, 0.25) is 0 Å². The molecule has 1 aromatic carbocycles. The highest BCUT2D eigenvalue weighted by Crippen LogP contribution is 2.41. The summed E-state index contributed by atoms with van der Waals surface area (Å²) in [5.41, 5.74) is 0.329. The lowest BCUT2D eigenvalue weighted by Gasteiger charge is -2.37. The molecular formula is C22H31N3O4. The fourth-order valence-corrected chi connectivity index (χ4v) is 5.25. The van der Waals surface area contributed by atoms with Crippen LogP contribution in [0.4, 0.5) is 4.79 Å². The van der Waals surface area contributed by atoms with Gasteiger partial charge in [-0.05, 0) is 49.8 Å². The predicted octanol–water partition coefficient (Wildman–Crippen LogP) is 3.30. The summed E-state index contributed by atoms with van der Waals surface area (Å²) in [6, 6.07) is 5.62. The summed E-state index contributed by atoms with van der Waals surface area (Å²) < 4.78 is 11.0. The molecule has 7 heteroatoms. The molecule has 4 rings (SSSR count). The van der Waals surface area contributed by atoms with Crippen molar-refractivity contribution in [3.8, 4) is 11.5 Å². The quantitative estimate of drug-likeness (QED) is 0.767. The number of nitrogens with zero attached hydrogens (tertiary/aromatic N) is 2. The van der Waals surface area contributed by atoms with Gasteiger partial charge in [0.1, 0.15) is 17.0 Å². The van der Waals surface area contributed by atoms with Gasteiger partial charge in [-0.2, -0.15) is 0 Å². The first-order valence-corrected chi connectivity index (χ1v) is 10.6. The number of carbonyl (C=O) groups is 2. The summed E-state index contributed by atoms with van der Waals surface area (Å²) >= 11 is 0. The van der Waals surface area contributed by atoms with Crippen LogP contribution in [0, 0.1) is 5.92 Å². The van der Waals surface area contributed by atoms with Gasteiger partial charge in [0.25, 0.3) is 5.91 Å². The second kappa shape index (κ2) is 7.86. The molecule has 7 nitrogen and oxygen atoms in total. The van der Waals surface area contributed by atoms with Gasteiger partial charge >= 0.3 is 6.03 Å². The van der Waals surface area contributed by atoms with Crippen molar-refractivity contribution in [1.29, 1.82) is 0 Å². The van der Waals surface area contributed by atoms with Crippen LogP contribution in [0.1, 0.15) is 57.1 Å². The SMILES string of the molecule is COc1ccc(OC)c([C@@H]2CCCN2CN2C(=O)N[C@@]3(CCCC[C@@H]3C)C2=O)c1. The molecule has 29 heavy (non-hydrogen) atoms. The number of urea groups is 1. The molecule has 158 valence electrons. The normalized spacial score (nSPS) is 30.1. The van der Waals surface area contributed by atoms with Crippen molar-refractivity contribution < 1.29 is 19.1 Å². The Morgan fingerprint density at radius 3 is 2.69 bits per heavy atom. The number of rotatable bonds is 5. The number of hydrogen-bond acceptors (Lipinski definition) is 5. The largest absolute Gasteiger partial charge is 0.497 e. The molecule has 3 aliphatic rings. The second-order valence-electron chi connectivity index (χ2n) is 8.50. The highest BCUT2D eigenvalue weighted by atomic mass is 16.5. The summed E-state index contributed by atoms with van der Waals surface area (Å²) in [4.78, 5) is 29.7. The van der Waals surface area contributed by atoms with Crippen LogP contribution in [-0.2, 0) is 4.79 Å². The first kappa shape index (κ1) is 20.0. The van der Waals surface area contributed by atoms with Gasteiger partial charge in [-0.1, -0.05) is 19.8 Å². The van der Waals surface area contributed by atoms with E-state index >= 15 is 0 Å². The molecule has 0 unspecified atom stereocenters. The minimum Gasteiger partial charge on any atom is -0.497 e. The van der Waals surface area contributed by atoms with Gasteiger partial charge in [-0.3, -0.25) is 9.69 Å². The summed E-state index contributed by atoms with van der Waals surface area (Å²) in [5, 5.41) is 3.05. The van der Waals surface area contributed by atoms with E-state index in [0.29, 0.717) is 6.67 Å². The highest BCUT2D eigenvalue weighted by molar-refractivity contribution is 6.07. The zero-order valence-corrected chi connectivity index (χ0v) is 17.6. The molecule has 3 atom stereocenters. The molecular weight excluding hydrogens is 370 g/mol. The summed E-state index contributed by atoms with van der Waals surface area (Å²) in [5.74, 6) is 1.69. The van der Waals surface area contributed by atoms with E-state index in [4.69, 9.17) is 9.47 Å². The molecule has 2 aliphatic heterocycles. The van der Waals surface area contributed by atoms with Gasteiger partial charge in [0.05, 0.1) is 20.9 Å². The third kappa shape index (κ3) is 3.35. The Labute approximate surface area is 172 Å². The maximum atomic E-state index is 13.3. The Hall–Kier alpha value is -2.28. The summed E-state index contributed by atoms with van der Waals surface area (Å²) in [6.45, 7) is 3.23. The molecule has 1 N–H and O–H groups in total. The topological polar surface area (TPSA) is 71.1 Å². The number of likely N-dealkylation sites (tertiary alicyclic amines) is 1. The third-order valence-corrected chi connectivity index (χ3v) is 6.98. The van der Waals surface area contributed by atoms with Crippen LogP contribution in [-0.4, -0.2) is 54.7 Å². The molecule has 1 aliphatic carbocycles. The number of ether oxygens (including phenoxy) is 2. The third-order valence-electron chi connectivity index (χ3n) is 6.98. The van der Waals surface area contributed by atoms with E-state index in [-0.39, 0.29) is 23.9 Å². The molecule has 0 bridgehead atoms. The van der Waals surface area contributed by atoms with Gasteiger partial charge in [-0.15, -0.1) is 0 Å². The monoisotopic (exact) mass is 401 g/mol. The average molecular weight is 402 g/mol. The van der Waals surface area contributed by atoms with Crippen LogP contribution in [0.5, 0.6) is 11.5 Å². The smallest absolute Gasteiger partial charge is 0.326 e. The van der Waals surface area contributed by atoms with Crippen molar-refractivity contribution >= 4 is 11.9 Å². The first-order chi connectivity index (χ1) is 14.0. The Morgan fingerprint density at radius 2 is 1.97 bits per heavy atom. The summed E-state index contributed by atoms with van der Waals surface area (Å²) in [6.07, 6.45) is 5.79. The fraction of sp³-hybridized carbons (Fsp3) is 0.636. The number of amides is 3. The summed E-state index contributed by atoms with van der Waals surface area (Å²) in [7, 11) is 3.31. The van der Waals surface area contributed by atoms with Crippen molar-refractivity contribution in [3.63, 3.8) is 0 Å². The van der Waals surface area contributed by atoms with E-state index in [1.165, 1.54) is 4.90 Å². The Bertz CT molecular complexity index is 798. The van der Waals surface area contributed by atoms with Crippen molar-refractivity contribution in [3.05, 3.63) is 23.8 Å². The zero-order valence-electron chi connectivity index (χ0n) is 17.6. The van der Waals surface area contributed by atoms with Crippen molar-refractivity contribution in [1.82, 2.24) is 15.1 Å². The zero-order chi connectivity index (χ0) is 20.6. The molecule has 0 aromatic heterocycles. The molecule has 2 saturated heterocycles. The number of hydrogen-bond donors (Lipinski definition) is 1. The van der Waals surface area contributed by atoms with Gasteiger partial charge in [-0.25, -0.2) is 9.69 Å². The van der Waals surface area contributed by atoms with Crippen LogP contribution in [0.15, 0.2) is 18.2 Å². The number of methoxy groups -OCH3 is 2. The maximum Gasteiger partial charge on any atom is 0.326 e. The standard InChI is InChI=1S/C22H31N3O4/c1-15-7-4-5-11-22(15)20(26)25(21(27)23-22)14-24-12-6-8-18(24)17-13-16(28-2)9-10-19(17)29-3/h9-10,13,15,18H,4-8,11-12,14H2,1-3H3,(H,23,27)/t15-,18-,22+/m0/s1. The van der Waals surface area contributed by atoms with Crippen LogP contribution in [0.2, 0.25) is 0 Å². The molecule has 1 aromatic rings. The molecule has 1 spiro atoms. The van der Waals surface area contributed by atoms with E-state index in [1.54, 1.807) is 14.2 Å². The maximum absolute atomic E-state index is 13.3. The minimum absolute atomic E-state index is 0.0574. The lowest BCUT2D eigenvalue weighted by Crippen LogP contribution is -2.54. The van der Waals surface area contributed by atoms with E-state index in [0.717, 1.165) is 62.1 Å². The van der Waals surface area contributed by atoms with Crippen LogP contribution < -0.4 is 14.8 Å². The minimum atomic E-state index is -0.710. The number of benzene rings is 1. The molecule has 1 saturated carbocycles. The van der Waals surface area contributed by atoms with E-state index < -0.39 is 5.54 Å². The van der Waals surface area contributed by atoms with Crippen molar-refractivity contribution in [2.24, 2.45) is 5.92 Å². The van der Waals surface area contributed by atoms with Crippen molar-refractivity contribution in [2.45, 2.75) is 57.0 Å². The van der Waals surface area contributed by atoms with Crippen LogP contribution >= 0.6 is 0 Å². The predicted molar refractivity (Wildman–Crippen MR) is 109 cm³/mol. The molecule has 3 fully saturated rings. The first-order valence-electron chi connectivity index (χ1n) is 10.6. The average Bonchev–Trinajstić information content (AvgIpc) is 3.29. The van der Waals surface area contributed by atoms with Crippen molar-refractivity contribution in [2.75, 3.05) is 27.4 Å². The fourth-order valence-electron chi connectivity index (χ4n) is 5.25. The number of carbonyl (C=O) groups excluding carboxylic acids is 2. The van der Waals surface area contributed by atoms with Gasteiger partial charge in [0, 0.05) is 18.2 Å². The van der Waals surface area contributed by atoms with E-state index in [2.05, 4.69) is 17.1 Å². The molecule has 0 radical (unpaired) electrons. The van der Waals surface area contributed by atoms with E-state index in [9.17, 15) is 9.59 Å². The van der Waals surface area contributed by atoms with Gasteiger partial charge < -0.3 is 14.8 Å². The molecule has 3 amide bonds. The Balaban J connectivity index is 1.56. The highest BCUT2D eigenvalue weighted by Gasteiger charge is 2.55. The lowest BCUT2D eigenvalue weighted by molar-refractivity contribution is -0.135. The van der Waals surface area contributed by atoms with Crippen LogP contribution in [0.25, 0.3) is 0 Å². The van der Waals surface area contributed by atoms with E-state index in [1.807, 2.05) is 18.2 Å². The van der Waals surface area contributed by atoms with Gasteiger partial charge in [0.15, 0.2) is 0 Å². The molecule has 2 heterocycles. The number of nitrogens with one attached hydrogen (secondary N) is 1.